The van der Waals surface area contributed by atoms with Crippen molar-refractivity contribution >= 4 is 12.2 Å². The van der Waals surface area contributed by atoms with Crippen molar-refractivity contribution in [1.82, 2.24) is 0 Å². The standard InChI is InChI=1S/C31H52O/c1-5-8-9-10-11-12-13-14-15-16-17-18-19-20-21-22-23-24-25-32-31-27-29(6-2)28(4)26-30(31)7-3/h6-7,26-27H,2-3,5,8-25H2,1,4H3. The van der Waals surface area contributed by atoms with Crippen LogP contribution in [0, 0.1) is 6.92 Å². The van der Waals surface area contributed by atoms with Gasteiger partial charge >= 0.3 is 0 Å². The van der Waals surface area contributed by atoms with Gasteiger partial charge in [-0.2, -0.15) is 0 Å². The van der Waals surface area contributed by atoms with Crippen LogP contribution in [0.25, 0.3) is 12.2 Å². The number of ether oxygens (including phenoxy) is 1. The van der Waals surface area contributed by atoms with Gasteiger partial charge in [0, 0.05) is 5.56 Å². The first-order valence-corrected chi connectivity index (χ1v) is 13.7. The minimum atomic E-state index is 0.791. The molecule has 0 aromatic heterocycles. The monoisotopic (exact) mass is 440 g/mol. The molecule has 0 unspecified atom stereocenters. The molecule has 1 aromatic carbocycles. The van der Waals surface area contributed by atoms with Crippen molar-refractivity contribution in [2.24, 2.45) is 0 Å². The highest BCUT2D eigenvalue weighted by molar-refractivity contribution is 5.64. The maximum atomic E-state index is 6.04. The summed E-state index contributed by atoms with van der Waals surface area (Å²) >= 11 is 0. The van der Waals surface area contributed by atoms with E-state index in [0.29, 0.717) is 0 Å². The van der Waals surface area contributed by atoms with Crippen molar-refractivity contribution in [3.05, 3.63) is 42.0 Å². The Morgan fingerprint density at radius 3 is 1.41 bits per heavy atom. The second kappa shape index (κ2) is 20.1. The molecule has 0 amide bonds. The van der Waals surface area contributed by atoms with Crippen LogP contribution < -0.4 is 4.74 Å². The SMILES string of the molecule is C=Cc1cc(OCCCCCCCCCCCCCCCCCCCC)c(C=C)cc1C. The van der Waals surface area contributed by atoms with Crippen LogP contribution in [0.15, 0.2) is 25.3 Å². The molecule has 1 aromatic rings. The molecule has 0 saturated carbocycles. The summed E-state index contributed by atoms with van der Waals surface area (Å²) in [6, 6.07) is 4.23. The van der Waals surface area contributed by atoms with E-state index in [1.807, 2.05) is 12.2 Å². The molecule has 32 heavy (non-hydrogen) atoms. The van der Waals surface area contributed by atoms with Crippen molar-refractivity contribution in [2.45, 2.75) is 129 Å². The average Bonchev–Trinajstić information content (AvgIpc) is 2.81. The van der Waals surface area contributed by atoms with E-state index in [4.69, 9.17) is 4.74 Å². The molecule has 0 heterocycles. The Labute approximate surface area is 200 Å². The number of hydrogen-bond acceptors (Lipinski definition) is 1. The summed E-state index contributed by atoms with van der Waals surface area (Å²) in [7, 11) is 0. The molecule has 0 atom stereocenters. The minimum absolute atomic E-state index is 0.791. The van der Waals surface area contributed by atoms with E-state index in [-0.39, 0.29) is 0 Å². The highest BCUT2D eigenvalue weighted by atomic mass is 16.5. The van der Waals surface area contributed by atoms with E-state index < -0.39 is 0 Å². The number of unbranched alkanes of at least 4 members (excludes halogenated alkanes) is 17. The first-order chi connectivity index (χ1) is 15.7. The normalized spacial score (nSPS) is 10.9. The Hall–Kier alpha value is -1.50. The zero-order valence-electron chi connectivity index (χ0n) is 21.6. The van der Waals surface area contributed by atoms with E-state index in [1.165, 1.54) is 115 Å². The van der Waals surface area contributed by atoms with E-state index >= 15 is 0 Å². The zero-order chi connectivity index (χ0) is 23.3. The smallest absolute Gasteiger partial charge is 0.127 e. The van der Waals surface area contributed by atoms with Crippen molar-refractivity contribution in [3.8, 4) is 5.75 Å². The van der Waals surface area contributed by atoms with Gasteiger partial charge in [-0.3, -0.25) is 0 Å². The second-order valence-corrected chi connectivity index (χ2v) is 9.51. The Bertz CT molecular complexity index is 601. The van der Waals surface area contributed by atoms with Gasteiger partial charge in [-0.25, -0.2) is 0 Å². The zero-order valence-corrected chi connectivity index (χ0v) is 21.6. The summed E-state index contributed by atoms with van der Waals surface area (Å²) in [5.41, 5.74) is 3.44. The van der Waals surface area contributed by atoms with Gasteiger partial charge in [0.1, 0.15) is 5.75 Å². The summed E-state index contributed by atoms with van der Waals surface area (Å²) in [6.45, 7) is 13.0. The molecule has 0 spiro atoms. The molecule has 0 aliphatic rings. The lowest BCUT2D eigenvalue weighted by atomic mass is 10.0. The van der Waals surface area contributed by atoms with Crippen LogP contribution in [0.4, 0.5) is 0 Å². The third-order valence-corrected chi connectivity index (χ3v) is 6.59. The minimum Gasteiger partial charge on any atom is -0.493 e. The molecule has 1 heteroatoms. The van der Waals surface area contributed by atoms with Crippen LogP contribution in [0.5, 0.6) is 5.75 Å². The average molecular weight is 441 g/mol. The first kappa shape index (κ1) is 28.5. The summed E-state index contributed by atoms with van der Waals surface area (Å²) in [6.07, 6.45) is 29.0. The lowest BCUT2D eigenvalue weighted by molar-refractivity contribution is 0.303. The van der Waals surface area contributed by atoms with Crippen LogP contribution in [0.3, 0.4) is 0 Å². The van der Waals surface area contributed by atoms with Gasteiger partial charge in [0.15, 0.2) is 0 Å². The van der Waals surface area contributed by atoms with E-state index in [1.54, 1.807) is 0 Å². The van der Waals surface area contributed by atoms with Crippen molar-refractivity contribution in [2.75, 3.05) is 6.61 Å². The third kappa shape index (κ3) is 13.8. The van der Waals surface area contributed by atoms with Gasteiger partial charge in [-0.15, -0.1) is 0 Å². The summed E-state index contributed by atoms with van der Waals surface area (Å²) < 4.78 is 6.04. The van der Waals surface area contributed by atoms with Gasteiger partial charge in [0.05, 0.1) is 6.61 Å². The van der Waals surface area contributed by atoms with Crippen LogP contribution in [0.2, 0.25) is 0 Å². The number of hydrogen-bond donors (Lipinski definition) is 0. The number of aryl methyl sites for hydroxylation is 1. The van der Waals surface area contributed by atoms with Gasteiger partial charge in [-0.05, 0) is 36.6 Å². The van der Waals surface area contributed by atoms with Crippen LogP contribution >= 0.6 is 0 Å². The lowest BCUT2D eigenvalue weighted by Gasteiger charge is -2.12. The molecule has 1 rings (SSSR count). The fraction of sp³-hybridized carbons (Fsp3) is 0.677. The van der Waals surface area contributed by atoms with E-state index in [9.17, 15) is 0 Å². The molecule has 182 valence electrons. The van der Waals surface area contributed by atoms with Crippen LogP contribution in [0.1, 0.15) is 139 Å². The molecule has 0 saturated heterocycles. The predicted octanol–water partition coefficient (Wildman–Crippen LogP) is 10.7. The van der Waals surface area contributed by atoms with E-state index in [2.05, 4.69) is 39.1 Å². The van der Waals surface area contributed by atoms with E-state index in [0.717, 1.165) is 29.9 Å². The summed E-state index contributed by atoms with van der Waals surface area (Å²) in [5, 5.41) is 0. The van der Waals surface area contributed by atoms with Gasteiger partial charge in [0.2, 0.25) is 0 Å². The summed E-state index contributed by atoms with van der Waals surface area (Å²) in [4.78, 5) is 0. The Morgan fingerprint density at radius 2 is 1.00 bits per heavy atom. The van der Waals surface area contributed by atoms with Crippen LogP contribution in [-0.4, -0.2) is 6.61 Å². The first-order valence-electron chi connectivity index (χ1n) is 13.7. The second-order valence-electron chi connectivity index (χ2n) is 9.51. The molecular weight excluding hydrogens is 388 g/mol. The Balaban J connectivity index is 1.89. The van der Waals surface area contributed by atoms with Crippen LogP contribution in [-0.2, 0) is 0 Å². The maximum absolute atomic E-state index is 6.04. The van der Waals surface area contributed by atoms with Gasteiger partial charge in [-0.1, -0.05) is 141 Å². The van der Waals surface area contributed by atoms with Gasteiger partial charge in [0.25, 0.3) is 0 Å². The number of benzene rings is 1. The highest BCUT2D eigenvalue weighted by Crippen LogP contribution is 2.26. The lowest BCUT2D eigenvalue weighted by Crippen LogP contribution is -2.00. The molecule has 0 radical (unpaired) electrons. The van der Waals surface area contributed by atoms with Gasteiger partial charge < -0.3 is 4.74 Å². The van der Waals surface area contributed by atoms with Crippen molar-refractivity contribution in [1.29, 1.82) is 0 Å². The van der Waals surface area contributed by atoms with Crippen molar-refractivity contribution < 1.29 is 4.74 Å². The molecular formula is C31H52O. The molecule has 0 aliphatic heterocycles. The molecule has 1 nitrogen and oxygen atoms in total. The quantitative estimate of drug-likeness (QED) is 0.163. The fourth-order valence-corrected chi connectivity index (χ4v) is 4.42. The molecule has 0 fully saturated rings. The fourth-order valence-electron chi connectivity index (χ4n) is 4.42. The largest absolute Gasteiger partial charge is 0.493 e. The molecule has 0 bridgehead atoms. The Morgan fingerprint density at radius 1 is 0.594 bits per heavy atom. The van der Waals surface area contributed by atoms with Crippen molar-refractivity contribution in [3.63, 3.8) is 0 Å². The number of rotatable bonds is 22. The molecule has 0 aliphatic carbocycles. The predicted molar refractivity (Wildman–Crippen MR) is 146 cm³/mol. The summed E-state index contributed by atoms with van der Waals surface area (Å²) in [5.74, 6) is 0.937. The topological polar surface area (TPSA) is 9.23 Å². The highest BCUT2D eigenvalue weighted by Gasteiger charge is 2.05. The third-order valence-electron chi connectivity index (χ3n) is 6.59. The Kier molecular flexibility index (Phi) is 18.0. The molecule has 0 N–H and O–H groups in total. The maximum Gasteiger partial charge on any atom is 0.127 e.